The molecule has 6 heteroatoms. The average Bonchev–Trinajstić information content (AvgIpc) is 2.33. The van der Waals surface area contributed by atoms with Crippen LogP contribution in [0.4, 0.5) is 0 Å². The Balaban J connectivity index is 2.36. The smallest absolute Gasteiger partial charge is 0.339 e. The summed E-state index contributed by atoms with van der Waals surface area (Å²) in [5.74, 6) is -1.33. The van der Waals surface area contributed by atoms with Gasteiger partial charge < -0.3 is 10.2 Å². The molecule has 0 aliphatic carbocycles. The van der Waals surface area contributed by atoms with Gasteiger partial charge in [-0.1, -0.05) is 11.8 Å². The number of rotatable bonds is 3. The van der Waals surface area contributed by atoms with Gasteiger partial charge in [0.05, 0.1) is 0 Å². The van der Waals surface area contributed by atoms with Crippen LogP contribution >= 0.6 is 56.9 Å². The number of carbonyl (C=O) groups is 1. The first kappa shape index (κ1) is 15.9. The van der Waals surface area contributed by atoms with E-state index in [0.29, 0.717) is 0 Å². The lowest BCUT2D eigenvalue weighted by atomic mass is 10.2. The largest absolute Gasteiger partial charge is 0.507 e. The molecule has 0 fully saturated rings. The van der Waals surface area contributed by atoms with Crippen LogP contribution < -0.4 is 0 Å². The van der Waals surface area contributed by atoms with E-state index in [9.17, 15) is 9.90 Å². The average molecular weight is 512 g/mol. The molecule has 3 nitrogen and oxygen atoms in total. The van der Waals surface area contributed by atoms with E-state index in [-0.39, 0.29) is 11.3 Å². The summed E-state index contributed by atoms with van der Waals surface area (Å²) in [5.41, 5.74) is 1.08. The Bertz CT molecular complexity index is 663. The van der Waals surface area contributed by atoms with Gasteiger partial charge in [-0.2, -0.15) is 0 Å². The van der Waals surface area contributed by atoms with Crippen LogP contribution in [-0.4, -0.2) is 16.2 Å². The van der Waals surface area contributed by atoms with Gasteiger partial charge in [0.2, 0.25) is 0 Å². The number of aryl methyl sites for hydroxylation is 1. The van der Waals surface area contributed by atoms with Gasteiger partial charge in [-0.05, 0) is 88.0 Å². The zero-order chi connectivity index (χ0) is 14.9. The number of benzene rings is 2. The molecule has 0 unspecified atom stereocenters. The lowest BCUT2D eigenvalue weighted by Gasteiger charge is -2.10. The molecule has 2 aromatic carbocycles. The highest BCUT2D eigenvalue weighted by Gasteiger charge is 2.12. The van der Waals surface area contributed by atoms with Crippen molar-refractivity contribution in [3.05, 3.63) is 48.6 Å². The molecule has 0 radical (unpaired) electrons. The fourth-order valence-electron chi connectivity index (χ4n) is 1.69. The van der Waals surface area contributed by atoms with E-state index in [2.05, 4.69) is 57.3 Å². The number of carboxylic acid groups (broad SMARTS) is 1. The summed E-state index contributed by atoms with van der Waals surface area (Å²) >= 11 is 6.08. The summed E-state index contributed by atoms with van der Waals surface area (Å²) in [7, 11) is 0. The number of carboxylic acids is 1. The maximum Gasteiger partial charge on any atom is 0.339 e. The number of halogens is 2. The molecule has 0 bridgehead atoms. The van der Waals surface area contributed by atoms with E-state index < -0.39 is 5.97 Å². The summed E-state index contributed by atoms with van der Waals surface area (Å²) in [5, 5.41) is 18.6. The molecule has 0 saturated heterocycles. The van der Waals surface area contributed by atoms with E-state index >= 15 is 0 Å². The van der Waals surface area contributed by atoms with Gasteiger partial charge in [-0.3, -0.25) is 0 Å². The van der Waals surface area contributed by atoms with Crippen molar-refractivity contribution in [2.24, 2.45) is 0 Å². The molecule has 2 aromatic rings. The Kier molecular flexibility index (Phi) is 5.19. The Morgan fingerprint density at radius 2 is 1.90 bits per heavy atom. The van der Waals surface area contributed by atoms with E-state index in [1.165, 1.54) is 27.5 Å². The van der Waals surface area contributed by atoms with E-state index in [4.69, 9.17) is 5.11 Å². The minimum absolute atomic E-state index is 0.0802. The van der Waals surface area contributed by atoms with Crippen molar-refractivity contribution in [3.8, 4) is 5.75 Å². The first-order chi connectivity index (χ1) is 9.38. The maximum absolute atomic E-state index is 10.9. The summed E-state index contributed by atoms with van der Waals surface area (Å²) in [6.07, 6.45) is 0. The Labute approximate surface area is 148 Å². The Hall–Kier alpha value is -0.480. The number of aromatic hydroxyl groups is 1. The van der Waals surface area contributed by atoms with Crippen molar-refractivity contribution < 1.29 is 15.0 Å². The topological polar surface area (TPSA) is 57.5 Å². The minimum atomic E-state index is -1.13. The number of hydrogen-bond donors (Lipinski definition) is 2. The molecule has 0 spiro atoms. The van der Waals surface area contributed by atoms with Crippen LogP contribution in [0.15, 0.2) is 40.1 Å². The molecule has 2 N–H and O–H groups in total. The lowest BCUT2D eigenvalue weighted by Crippen LogP contribution is -1.96. The third kappa shape index (κ3) is 3.59. The van der Waals surface area contributed by atoms with Crippen molar-refractivity contribution in [1.29, 1.82) is 0 Å². The third-order valence-corrected chi connectivity index (χ3v) is 5.69. The van der Waals surface area contributed by atoms with E-state index in [1.54, 1.807) is 6.07 Å². The molecule has 0 heterocycles. The second kappa shape index (κ2) is 6.52. The number of hydrogen-bond acceptors (Lipinski definition) is 3. The van der Waals surface area contributed by atoms with Gasteiger partial charge in [-0.15, -0.1) is 0 Å². The van der Waals surface area contributed by atoms with Gasteiger partial charge in [-0.25, -0.2) is 4.79 Å². The number of aromatic carboxylic acids is 1. The quantitative estimate of drug-likeness (QED) is 0.583. The van der Waals surface area contributed by atoms with Gasteiger partial charge in [0, 0.05) is 16.9 Å². The highest BCUT2D eigenvalue weighted by molar-refractivity contribution is 14.1. The molecule has 104 valence electrons. The monoisotopic (exact) mass is 512 g/mol. The summed E-state index contributed by atoms with van der Waals surface area (Å²) in [4.78, 5) is 12.8. The molecule has 0 aliphatic rings. The lowest BCUT2D eigenvalue weighted by molar-refractivity contribution is 0.0693. The van der Waals surface area contributed by atoms with Crippen LogP contribution in [0.25, 0.3) is 0 Å². The molecule has 0 saturated carbocycles. The van der Waals surface area contributed by atoms with Crippen LogP contribution in [0.2, 0.25) is 0 Å². The van der Waals surface area contributed by atoms with Crippen molar-refractivity contribution in [2.75, 3.05) is 0 Å². The van der Waals surface area contributed by atoms with Crippen molar-refractivity contribution in [3.63, 3.8) is 0 Å². The molecule has 0 amide bonds. The van der Waals surface area contributed by atoms with Gasteiger partial charge in [0.1, 0.15) is 11.3 Å². The summed E-state index contributed by atoms with van der Waals surface area (Å²) < 4.78 is 2.32. The predicted molar refractivity (Wildman–Crippen MR) is 95.8 cm³/mol. The highest BCUT2D eigenvalue weighted by Crippen LogP contribution is 2.36. The SMILES string of the molecule is Cc1cc(I)cc(I)c1Sc1ccc(C(=O)O)c(O)c1. The van der Waals surface area contributed by atoms with Gasteiger partial charge in [0.25, 0.3) is 0 Å². The van der Waals surface area contributed by atoms with Crippen LogP contribution in [0.5, 0.6) is 5.75 Å². The van der Waals surface area contributed by atoms with Gasteiger partial charge in [0.15, 0.2) is 0 Å². The zero-order valence-electron chi connectivity index (χ0n) is 10.4. The molecule has 2 rings (SSSR count). The molecule has 20 heavy (non-hydrogen) atoms. The zero-order valence-corrected chi connectivity index (χ0v) is 15.5. The molecule has 0 aliphatic heterocycles. The first-order valence-corrected chi connectivity index (χ1v) is 8.55. The summed E-state index contributed by atoms with van der Waals surface area (Å²) in [6, 6.07) is 8.80. The molecule has 0 atom stereocenters. The first-order valence-electron chi connectivity index (χ1n) is 5.58. The Morgan fingerprint density at radius 3 is 2.45 bits per heavy atom. The van der Waals surface area contributed by atoms with Crippen molar-refractivity contribution in [2.45, 2.75) is 16.7 Å². The molecule has 0 aromatic heterocycles. The van der Waals surface area contributed by atoms with Crippen LogP contribution in [-0.2, 0) is 0 Å². The normalized spacial score (nSPS) is 10.6. The second-order valence-electron chi connectivity index (χ2n) is 4.12. The van der Waals surface area contributed by atoms with Crippen LogP contribution in [0.1, 0.15) is 15.9 Å². The van der Waals surface area contributed by atoms with Crippen molar-refractivity contribution in [1.82, 2.24) is 0 Å². The second-order valence-corrected chi connectivity index (χ2v) is 7.61. The predicted octanol–water partition coefficient (Wildman–Crippen LogP) is 4.76. The highest BCUT2D eigenvalue weighted by atomic mass is 127. The summed E-state index contributed by atoms with van der Waals surface area (Å²) in [6.45, 7) is 2.04. The standard InChI is InChI=1S/C14H10I2O3S/c1-7-4-8(15)5-11(16)13(7)20-9-2-3-10(14(18)19)12(17)6-9/h2-6,17H,1H3,(H,18,19). The number of phenols is 1. The third-order valence-electron chi connectivity index (χ3n) is 2.61. The maximum atomic E-state index is 10.9. The van der Waals surface area contributed by atoms with Crippen LogP contribution in [0.3, 0.4) is 0 Å². The van der Waals surface area contributed by atoms with E-state index in [1.807, 2.05) is 6.92 Å². The van der Waals surface area contributed by atoms with Crippen molar-refractivity contribution >= 4 is 62.9 Å². The fourth-order valence-corrected chi connectivity index (χ4v) is 5.08. The Morgan fingerprint density at radius 1 is 1.20 bits per heavy atom. The van der Waals surface area contributed by atoms with Crippen LogP contribution in [0, 0.1) is 14.1 Å². The molecular formula is C14H10I2O3S. The fraction of sp³-hybridized carbons (Fsp3) is 0.0714. The molecular weight excluding hydrogens is 502 g/mol. The minimum Gasteiger partial charge on any atom is -0.507 e. The van der Waals surface area contributed by atoms with E-state index in [0.717, 1.165) is 18.9 Å². The van der Waals surface area contributed by atoms with Gasteiger partial charge >= 0.3 is 5.97 Å².